The van der Waals surface area contributed by atoms with Crippen molar-refractivity contribution in [2.24, 2.45) is 0 Å². The van der Waals surface area contributed by atoms with Gasteiger partial charge in [-0.1, -0.05) is 6.07 Å². The molecule has 2 rings (SSSR count). The topological polar surface area (TPSA) is 88.0 Å². The van der Waals surface area contributed by atoms with Gasteiger partial charge in [0.15, 0.2) is 0 Å². The molecule has 0 aliphatic carbocycles. The number of benzene rings is 1. The molecule has 1 atom stereocenters. The molecule has 1 fully saturated rings. The molecule has 0 spiro atoms. The molecule has 1 saturated heterocycles. The van der Waals surface area contributed by atoms with E-state index >= 15 is 0 Å². The first-order valence-electron chi connectivity index (χ1n) is 5.23. The molecule has 3 N–H and O–H groups in total. The molecule has 17 heavy (non-hydrogen) atoms. The number of carbonyl (C=O) groups is 1. The van der Waals surface area contributed by atoms with E-state index in [1.807, 2.05) is 0 Å². The van der Waals surface area contributed by atoms with Crippen LogP contribution in [-0.2, 0) is 4.74 Å². The maximum Gasteiger partial charge on any atom is 0.282 e. The van der Waals surface area contributed by atoms with Crippen LogP contribution in [0.2, 0.25) is 0 Å². The molecule has 0 bridgehead atoms. The van der Waals surface area contributed by atoms with Crippen LogP contribution >= 0.6 is 0 Å². The van der Waals surface area contributed by atoms with E-state index in [9.17, 15) is 9.90 Å². The highest BCUT2D eigenvalue weighted by atomic mass is 16.5. The Morgan fingerprint density at radius 3 is 3.00 bits per heavy atom. The summed E-state index contributed by atoms with van der Waals surface area (Å²) in [5.41, 5.74) is 1.40. The summed E-state index contributed by atoms with van der Waals surface area (Å²) in [7, 11) is 0. The maximum atomic E-state index is 11.4. The van der Waals surface area contributed by atoms with Crippen molar-refractivity contribution in [3.05, 3.63) is 23.8 Å². The third-order valence-corrected chi connectivity index (χ3v) is 2.51. The highest BCUT2D eigenvalue weighted by Crippen LogP contribution is 2.29. The standard InChI is InChI=1S/C11H13NO5/c13-8-2-1-3-9(10(8)11(14)12-15)17-7-4-5-16-6-7/h1-3,7,13,15H,4-6H2,(H,12,14). The van der Waals surface area contributed by atoms with E-state index in [2.05, 4.69) is 0 Å². The van der Waals surface area contributed by atoms with Crippen molar-refractivity contribution in [2.75, 3.05) is 13.2 Å². The summed E-state index contributed by atoms with van der Waals surface area (Å²) in [6.45, 7) is 1.07. The number of carbonyl (C=O) groups excluding carboxylic acids is 1. The quantitative estimate of drug-likeness (QED) is 0.533. The van der Waals surface area contributed by atoms with Crippen LogP contribution in [0.4, 0.5) is 0 Å². The lowest BCUT2D eigenvalue weighted by molar-refractivity contribution is 0.0694. The van der Waals surface area contributed by atoms with E-state index in [-0.39, 0.29) is 23.2 Å². The van der Waals surface area contributed by atoms with E-state index in [0.717, 1.165) is 6.42 Å². The minimum atomic E-state index is -0.808. The summed E-state index contributed by atoms with van der Waals surface area (Å²) in [6.07, 6.45) is 0.595. The van der Waals surface area contributed by atoms with E-state index in [1.54, 1.807) is 12.1 Å². The molecule has 92 valence electrons. The first-order valence-corrected chi connectivity index (χ1v) is 5.23. The van der Waals surface area contributed by atoms with Gasteiger partial charge in [0.1, 0.15) is 23.2 Å². The van der Waals surface area contributed by atoms with Crippen LogP contribution < -0.4 is 10.2 Å². The van der Waals surface area contributed by atoms with Crippen LogP contribution in [0.5, 0.6) is 11.5 Å². The van der Waals surface area contributed by atoms with Crippen molar-refractivity contribution in [1.82, 2.24) is 5.48 Å². The van der Waals surface area contributed by atoms with E-state index in [1.165, 1.54) is 11.5 Å². The number of hydrogen-bond donors (Lipinski definition) is 3. The van der Waals surface area contributed by atoms with Crippen molar-refractivity contribution in [2.45, 2.75) is 12.5 Å². The van der Waals surface area contributed by atoms with Crippen molar-refractivity contribution >= 4 is 5.91 Å². The summed E-state index contributed by atoms with van der Waals surface area (Å²) >= 11 is 0. The Bertz CT molecular complexity index is 414. The fourth-order valence-corrected chi connectivity index (χ4v) is 1.69. The predicted molar refractivity (Wildman–Crippen MR) is 57.2 cm³/mol. The lowest BCUT2D eigenvalue weighted by Crippen LogP contribution is -2.22. The summed E-state index contributed by atoms with van der Waals surface area (Å²) in [4.78, 5) is 11.4. The van der Waals surface area contributed by atoms with Crippen molar-refractivity contribution < 1.29 is 24.6 Å². The third-order valence-electron chi connectivity index (χ3n) is 2.51. The second-order valence-electron chi connectivity index (χ2n) is 3.69. The molecule has 0 saturated carbocycles. The number of rotatable bonds is 3. The van der Waals surface area contributed by atoms with Gasteiger partial charge in [-0.2, -0.15) is 0 Å². The summed E-state index contributed by atoms with van der Waals surface area (Å²) < 4.78 is 10.7. The summed E-state index contributed by atoms with van der Waals surface area (Å²) in [5, 5.41) is 18.2. The predicted octanol–water partition coefficient (Wildman–Crippen LogP) is 0.679. The van der Waals surface area contributed by atoms with Crippen LogP contribution in [0.15, 0.2) is 18.2 Å². The van der Waals surface area contributed by atoms with Gasteiger partial charge >= 0.3 is 0 Å². The second kappa shape index (κ2) is 5.03. The molecule has 1 aliphatic rings. The second-order valence-corrected chi connectivity index (χ2v) is 3.69. The fraction of sp³-hybridized carbons (Fsp3) is 0.364. The lowest BCUT2D eigenvalue weighted by Gasteiger charge is -2.15. The largest absolute Gasteiger partial charge is 0.507 e. The molecule has 1 aliphatic heterocycles. The number of phenols is 1. The van der Waals surface area contributed by atoms with Gasteiger partial charge in [-0.15, -0.1) is 0 Å². The van der Waals surface area contributed by atoms with Crippen LogP contribution in [0.3, 0.4) is 0 Å². The van der Waals surface area contributed by atoms with Crippen molar-refractivity contribution in [3.8, 4) is 11.5 Å². The Hall–Kier alpha value is -1.79. The van der Waals surface area contributed by atoms with Crippen LogP contribution in [0.25, 0.3) is 0 Å². The van der Waals surface area contributed by atoms with E-state index in [4.69, 9.17) is 14.7 Å². The molecular weight excluding hydrogens is 226 g/mol. The van der Waals surface area contributed by atoms with Crippen LogP contribution in [0.1, 0.15) is 16.8 Å². The average Bonchev–Trinajstić information content (AvgIpc) is 2.81. The lowest BCUT2D eigenvalue weighted by atomic mass is 10.1. The van der Waals surface area contributed by atoms with E-state index in [0.29, 0.717) is 13.2 Å². The Labute approximate surface area is 97.7 Å². The highest BCUT2D eigenvalue weighted by Gasteiger charge is 2.22. The molecule has 1 aromatic carbocycles. The number of nitrogens with one attached hydrogen (secondary N) is 1. The Balaban J connectivity index is 2.25. The Kier molecular flexibility index (Phi) is 3.46. The molecular formula is C11H13NO5. The maximum absolute atomic E-state index is 11.4. The number of hydroxylamine groups is 1. The molecule has 1 aromatic rings. The van der Waals surface area contributed by atoms with Gasteiger partial charge in [-0.05, 0) is 12.1 Å². The first kappa shape index (κ1) is 11.7. The SMILES string of the molecule is O=C(NO)c1c(O)cccc1OC1CCOC1. The van der Waals surface area contributed by atoms with Crippen molar-refractivity contribution in [1.29, 1.82) is 0 Å². The minimum absolute atomic E-state index is 0.0816. The number of phenolic OH excluding ortho intramolecular Hbond substituents is 1. The Morgan fingerprint density at radius 1 is 1.53 bits per heavy atom. The van der Waals surface area contributed by atoms with Crippen LogP contribution in [-0.4, -0.2) is 35.5 Å². The number of aromatic hydroxyl groups is 1. The molecule has 1 heterocycles. The Morgan fingerprint density at radius 2 is 2.35 bits per heavy atom. The van der Waals surface area contributed by atoms with Gasteiger partial charge in [-0.25, -0.2) is 5.48 Å². The monoisotopic (exact) mass is 239 g/mol. The zero-order valence-electron chi connectivity index (χ0n) is 9.05. The average molecular weight is 239 g/mol. The van der Waals surface area contributed by atoms with Gasteiger partial charge in [0, 0.05) is 6.42 Å². The van der Waals surface area contributed by atoms with Gasteiger partial charge in [-0.3, -0.25) is 10.0 Å². The van der Waals surface area contributed by atoms with Gasteiger partial charge < -0.3 is 14.6 Å². The van der Waals surface area contributed by atoms with Crippen LogP contribution in [0, 0.1) is 0 Å². The normalized spacial score (nSPS) is 19.0. The third kappa shape index (κ3) is 2.48. The highest BCUT2D eigenvalue weighted by molar-refractivity contribution is 5.98. The molecule has 6 nitrogen and oxygen atoms in total. The molecule has 6 heteroatoms. The van der Waals surface area contributed by atoms with E-state index < -0.39 is 5.91 Å². The molecule has 1 amide bonds. The number of ether oxygens (including phenoxy) is 2. The fourth-order valence-electron chi connectivity index (χ4n) is 1.69. The molecule has 0 aromatic heterocycles. The summed E-state index contributed by atoms with van der Waals surface area (Å²) in [6, 6.07) is 4.47. The summed E-state index contributed by atoms with van der Waals surface area (Å²) in [5.74, 6) is -0.822. The molecule has 0 radical (unpaired) electrons. The van der Waals surface area contributed by atoms with Crippen molar-refractivity contribution in [3.63, 3.8) is 0 Å². The van der Waals surface area contributed by atoms with Gasteiger partial charge in [0.25, 0.3) is 5.91 Å². The van der Waals surface area contributed by atoms with Gasteiger partial charge in [0.2, 0.25) is 0 Å². The molecule has 1 unspecified atom stereocenters. The number of hydrogen-bond acceptors (Lipinski definition) is 5. The minimum Gasteiger partial charge on any atom is -0.507 e. The number of amides is 1. The zero-order chi connectivity index (χ0) is 12.3. The smallest absolute Gasteiger partial charge is 0.282 e. The zero-order valence-corrected chi connectivity index (χ0v) is 9.05. The van der Waals surface area contributed by atoms with Gasteiger partial charge in [0.05, 0.1) is 13.2 Å². The first-order chi connectivity index (χ1) is 8.22.